The van der Waals surface area contributed by atoms with E-state index in [4.69, 9.17) is 0 Å². The lowest BCUT2D eigenvalue weighted by Crippen LogP contribution is -2.48. The molecule has 1 saturated heterocycles. The van der Waals surface area contributed by atoms with Crippen molar-refractivity contribution in [2.75, 3.05) is 31.1 Å². The van der Waals surface area contributed by atoms with Gasteiger partial charge in [0.15, 0.2) is 9.84 Å². The highest BCUT2D eigenvalue weighted by atomic mass is 32.2. The molecule has 0 spiro atoms. The van der Waals surface area contributed by atoms with Crippen LogP contribution in [0.4, 0.5) is 0 Å². The summed E-state index contributed by atoms with van der Waals surface area (Å²) < 4.78 is 23.0. The second-order valence-corrected chi connectivity index (χ2v) is 7.37. The highest BCUT2D eigenvalue weighted by Crippen LogP contribution is 2.17. The van der Waals surface area contributed by atoms with E-state index in [1.54, 1.807) is 6.92 Å². The van der Waals surface area contributed by atoms with Gasteiger partial charge in [0.05, 0.1) is 5.75 Å². The summed E-state index contributed by atoms with van der Waals surface area (Å²) in [5.41, 5.74) is 0. The molecule has 0 aromatic rings. The minimum absolute atomic E-state index is 0.259. The van der Waals surface area contributed by atoms with Gasteiger partial charge in [-0.3, -0.25) is 4.90 Å². The fourth-order valence-corrected chi connectivity index (χ4v) is 3.23. The van der Waals surface area contributed by atoms with E-state index in [-0.39, 0.29) is 5.75 Å². The summed E-state index contributed by atoms with van der Waals surface area (Å²) in [5.74, 6) is 0.564. The number of hydrogen-bond acceptors (Lipinski definition) is 4. The van der Waals surface area contributed by atoms with Gasteiger partial charge in [-0.25, -0.2) is 8.42 Å². The van der Waals surface area contributed by atoms with Crippen molar-refractivity contribution < 1.29 is 8.42 Å². The monoisotopic (exact) mass is 262 g/mol. The number of nitrogens with one attached hydrogen (secondary N) is 1. The van der Waals surface area contributed by atoms with Crippen LogP contribution in [0.15, 0.2) is 0 Å². The molecule has 1 aliphatic rings. The van der Waals surface area contributed by atoms with Gasteiger partial charge in [0.25, 0.3) is 0 Å². The smallest absolute Gasteiger partial charge is 0.151 e. The number of rotatable bonds is 6. The van der Waals surface area contributed by atoms with Crippen molar-refractivity contribution in [3.63, 3.8) is 0 Å². The number of likely N-dealkylation sites (tertiary alicyclic amines) is 1. The predicted molar refractivity (Wildman–Crippen MR) is 72.1 cm³/mol. The Morgan fingerprint density at radius 3 is 2.59 bits per heavy atom. The third kappa shape index (κ3) is 4.94. The fourth-order valence-electron chi connectivity index (χ4n) is 2.43. The SMILES string of the molecule is CCNC1CCN(CCS(=O)(=O)CC)C(C)C1. The van der Waals surface area contributed by atoms with Crippen molar-refractivity contribution in [2.24, 2.45) is 0 Å². The molecule has 0 aromatic heterocycles. The van der Waals surface area contributed by atoms with Crippen molar-refractivity contribution in [3.05, 3.63) is 0 Å². The first-order chi connectivity index (χ1) is 7.98. The van der Waals surface area contributed by atoms with E-state index in [0.717, 1.165) is 25.9 Å². The van der Waals surface area contributed by atoms with Crippen LogP contribution in [0.2, 0.25) is 0 Å². The molecule has 0 saturated carbocycles. The van der Waals surface area contributed by atoms with E-state index in [1.165, 1.54) is 0 Å². The average Bonchev–Trinajstić information content (AvgIpc) is 2.28. The summed E-state index contributed by atoms with van der Waals surface area (Å²) in [6, 6.07) is 1.09. The Morgan fingerprint density at radius 1 is 1.35 bits per heavy atom. The maximum Gasteiger partial charge on any atom is 0.151 e. The standard InChI is InChI=1S/C12H26N2O2S/c1-4-13-12-6-7-14(11(3)10-12)8-9-17(15,16)5-2/h11-13H,4-10H2,1-3H3. The van der Waals surface area contributed by atoms with Gasteiger partial charge >= 0.3 is 0 Å². The topological polar surface area (TPSA) is 49.4 Å². The minimum atomic E-state index is -2.82. The maximum atomic E-state index is 11.5. The molecule has 1 aliphatic heterocycles. The molecule has 2 atom stereocenters. The highest BCUT2D eigenvalue weighted by Gasteiger charge is 2.25. The summed E-state index contributed by atoms with van der Waals surface area (Å²) in [7, 11) is -2.82. The van der Waals surface area contributed by atoms with Crippen LogP contribution >= 0.6 is 0 Å². The summed E-state index contributed by atoms with van der Waals surface area (Å²) in [5, 5.41) is 3.47. The van der Waals surface area contributed by atoms with Gasteiger partial charge in [0.2, 0.25) is 0 Å². The molecule has 0 aliphatic carbocycles. The van der Waals surface area contributed by atoms with E-state index in [1.807, 2.05) is 0 Å². The summed E-state index contributed by atoms with van der Waals surface area (Å²) in [4.78, 5) is 2.31. The zero-order valence-electron chi connectivity index (χ0n) is 11.3. The number of nitrogens with zero attached hydrogens (tertiary/aromatic N) is 1. The fraction of sp³-hybridized carbons (Fsp3) is 1.00. The van der Waals surface area contributed by atoms with Crippen LogP contribution in [-0.4, -0.2) is 56.5 Å². The van der Waals surface area contributed by atoms with Crippen molar-refractivity contribution in [2.45, 2.75) is 45.7 Å². The molecule has 0 radical (unpaired) electrons. The molecule has 5 heteroatoms. The molecule has 17 heavy (non-hydrogen) atoms. The Bertz CT molecular complexity index is 316. The van der Waals surface area contributed by atoms with Crippen LogP contribution in [0.3, 0.4) is 0 Å². The Morgan fingerprint density at radius 2 is 2.06 bits per heavy atom. The van der Waals surface area contributed by atoms with Gasteiger partial charge < -0.3 is 5.32 Å². The third-order valence-electron chi connectivity index (χ3n) is 3.64. The molecule has 0 bridgehead atoms. The molecule has 1 fully saturated rings. The van der Waals surface area contributed by atoms with Crippen LogP contribution in [0.1, 0.15) is 33.6 Å². The summed E-state index contributed by atoms with van der Waals surface area (Å²) in [6.45, 7) is 8.76. The first kappa shape index (κ1) is 14.9. The number of sulfone groups is 1. The lowest BCUT2D eigenvalue weighted by Gasteiger charge is -2.37. The number of piperidine rings is 1. The van der Waals surface area contributed by atoms with Crippen LogP contribution < -0.4 is 5.32 Å². The molecule has 1 rings (SSSR count). The van der Waals surface area contributed by atoms with Gasteiger partial charge in [0.1, 0.15) is 0 Å². The Labute approximate surface area is 106 Å². The predicted octanol–water partition coefficient (Wildman–Crippen LogP) is 0.884. The Kier molecular flexibility index (Phi) is 5.89. The largest absolute Gasteiger partial charge is 0.314 e. The molecular formula is C12H26N2O2S. The third-order valence-corrected chi connectivity index (χ3v) is 5.32. The lowest BCUT2D eigenvalue weighted by molar-refractivity contribution is 0.145. The van der Waals surface area contributed by atoms with Gasteiger partial charge in [-0.15, -0.1) is 0 Å². The highest BCUT2D eigenvalue weighted by molar-refractivity contribution is 7.91. The van der Waals surface area contributed by atoms with Crippen molar-refractivity contribution >= 4 is 9.84 Å². The molecular weight excluding hydrogens is 236 g/mol. The quantitative estimate of drug-likeness (QED) is 0.772. The maximum absolute atomic E-state index is 11.5. The van der Waals surface area contributed by atoms with Crippen molar-refractivity contribution in [1.82, 2.24) is 10.2 Å². The minimum Gasteiger partial charge on any atom is -0.314 e. The lowest BCUT2D eigenvalue weighted by atomic mass is 9.98. The zero-order chi connectivity index (χ0) is 12.9. The van der Waals surface area contributed by atoms with E-state index >= 15 is 0 Å². The van der Waals surface area contributed by atoms with Gasteiger partial charge in [-0.05, 0) is 32.9 Å². The molecule has 4 nitrogen and oxygen atoms in total. The van der Waals surface area contributed by atoms with Crippen LogP contribution in [0.25, 0.3) is 0 Å². The molecule has 0 aromatic carbocycles. The van der Waals surface area contributed by atoms with E-state index in [9.17, 15) is 8.42 Å². The average molecular weight is 262 g/mol. The molecule has 0 amide bonds. The van der Waals surface area contributed by atoms with E-state index in [2.05, 4.69) is 24.1 Å². The Hall–Kier alpha value is -0.130. The van der Waals surface area contributed by atoms with E-state index < -0.39 is 9.84 Å². The van der Waals surface area contributed by atoms with E-state index in [0.29, 0.717) is 24.4 Å². The van der Waals surface area contributed by atoms with Crippen molar-refractivity contribution in [3.8, 4) is 0 Å². The van der Waals surface area contributed by atoms with Crippen LogP contribution in [0, 0.1) is 0 Å². The first-order valence-electron chi connectivity index (χ1n) is 6.66. The molecule has 102 valence electrons. The molecule has 1 N–H and O–H groups in total. The second kappa shape index (κ2) is 6.71. The molecule has 1 heterocycles. The number of hydrogen-bond donors (Lipinski definition) is 1. The van der Waals surface area contributed by atoms with Crippen molar-refractivity contribution in [1.29, 1.82) is 0 Å². The molecule has 2 unspecified atom stereocenters. The zero-order valence-corrected chi connectivity index (χ0v) is 12.1. The normalized spacial score (nSPS) is 27.2. The first-order valence-corrected chi connectivity index (χ1v) is 8.48. The summed E-state index contributed by atoms with van der Waals surface area (Å²) in [6.07, 6.45) is 2.25. The summed E-state index contributed by atoms with van der Waals surface area (Å²) >= 11 is 0. The second-order valence-electron chi connectivity index (χ2n) is 4.90. The van der Waals surface area contributed by atoms with Gasteiger partial charge in [0, 0.05) is 24.4 Å². The van der Waals surface area contributed by atoms with Gasteiger partial charge in [-0.2, -0.15) is 0 Å². The van der Waals surface area contributed by atoms with Crippen LogP contribution in [-0.2, 0) is 9.84 Å². The van der Waals surface area contributed by atoms with Crippen LogP contribution in [0.5, 0.6) is 0 Å². The Balaban J connectivity index is 2.37. The van der Waals surface area contributed by atoms with Gasteiger partial charge in [-0.1, -0.05) is 13.8 Å².